The summed E-state index contributed by atoms with van der Waals surface area (Å²) in [4.78, 5) is 16.9. The van der Waals surface area contributed by atoms with Crippen molar-refractivity contribution >= 4 is 5.91 Å². The van der Waals surface area contributed by atoms with Crippen LogP contribution in [0, 0.1) is 12.3 Å². The first-order valence-corrected chi connectivity index (χ1v) is 9.16. The van der Waals surface area contributed by atoms with Gasteiger partial charge in [-0.25, -0.2) is 0 Å². The van der Waals surface area contributed by atoms with Gasteiger partial charge in [0.1, 0.15) is 0 Å². The molecule has 3 nitrogen and oxygen atoms in total. The number of likely N-dealkylation sites (tertiary alicyclic amines) is 2. The van der Waals surface area contributed by atoms with Gasteiger partial charge in [-0.05, 0) is 44.7 Å². The van der Waals surface area contributed by atoms with Crippen LogP contribution in [0.3, 0.4) is 0 Å². The van der Waals surface area contributed by atoms with Crippen LogP contribution in [0.4, 0.5) is 0 Å². The number of amides is 1. The molecule has 1 spiro atoms. The molecule has 2 aliphatic rings. The molecule has 3 heteroatoms. The molecule has 0 aliphatic carbocycles. The first-order chi connectivity index (χ1) is 11.1. The van der Waals surface area contributed by atoms with E-state index in [0.717, 1.165) is 32.6 Å². The minimum atomic E-state index is 0.353. The van der Waals surface area contributed by atoms with Gasteiger partial charge < -0.3 is 4.90 Å². The lowest BCUT2D eigenvalue weighted by Gasteiger charge is -2.40. The lowest BCUT2D eigenvalue weighted by Crippen LogP contribution is -2.45. The predicted octanol–water partition coefficient (Wildman–Crippen LogP) is 3.61. The number of carbonyl (C=O) groups is 1. The Balaban J connectivity index is 1.61. The average Bonchev–Trinajstić information content (AvgIpc) is 2.91. The SMILES string of the molecule is CCCC(=O)N1CC[C@@]2(CCCN(Cc3cccc(C)c3)C2)C1. The first-order valence-electron chi connectivity index (χ1n) is 9.16. The van der Waals surface area contributed by atoms with Crippen molar-refractivity contribution in [2.24, 2.45) is 5.41 Å². The predicted molar refractivity (Wildman–Crippen MR) is 94.2 cm³/mol. The lowest BCUT2D eigenvalue weighted by molar-refractivity contribution is -0.130. The van der Waals surface area contributed by atoms with Crippen LogP contribution >= 0.6 is 0 Å². The van der Waals surface area contributed by atoms with Gasteiger partial charge in [0.2, 0.25) is 5.91 Å². The maximum atomic E-state index is 12.2. The fourth-order valence-electron chi connectivity index (χ4n) is 4.37. The van der Waals surface area contributed by atoms with Gasteiger partial charge in [0.15, 0.2) is 0 Å². The number of benzene rings is 1. The summed E-state index contributed by atoms with van der Waals surface area (Å²) in [5.41, 5.74) is 3.11. The molecule has 0 saturated carbocycles. The van der Waals surface area contributed by atoms with Gasteiger partial charge in [0, 0.05) is 38.0 Å². The van der Waals surface area contributed by atoms with Crippen LogP contribution in [-0.4, -0.2) is 41.9 Å². The minimum Gasteiger partial charge on any atom is -0.342 e. The van der Waals surface area contributed by atoms with Gasteiger partial charge in [-0.15, -0.1) is 0 Å². The fraction of sp³-hybridized carbons (Fsp3) is 0.650. The van der Waals surface area contributed by atoms with E-state index in [1.807, 2.05) is 0 Å². The number of hydrogen-bond acceptors (Lipinski definition) is 2. The third-order valence-corrected chi connectivity index (χ3v) is 5.48. The average molecular weight is 314 g/mol. The van der Waals surface area contributed by atoms with Crippen LogP contribution in [0.2, 0.25) is 0 Å². The third kappa shape index (κ3) is 3.95. The molecule has 1 amide bonds. The van der Waals surface area contributed by atoms with E-state index in [0.29, 0.717) is 17.7 Å². The molecule has 2 heterocycles. The smallest absolute Gasteiger partial charge is 0.222 e. The number of aryl methyl sites for hydroxylation is 1. The van der Waals surface area contributed by atoms with Crippen LogP contribution < -0.4 is 0 Å². The quantitative estimate of drug-likeness (QED) is 0.847. The van der Waals surface area contributed by atoms with E-state index in [2.05, 4.69) is 47.9 Å². The van der Waals surface area contributed by atoms with Gasteiger partial charge in [-0.3, -0.25) is 9.69 Å². The standard InChI is InChI=1S/C20H30N2O/c1-3-6-19(23)22-12-10-20(16-22)9-5-11-21(15-20)14-18-8-4-7-17(2)13-18/h4,7-8,13H,3,5-6,9-12,14-16H2,1-2H3/t20-/m1/s1. The van der Waals surface area contributed by atoms with Crippen molar-refractivity contribution in [3.8, 4) is 0 Å². The van der Waals surface area contributed by atoms with Gasteiger partial charge in [-0.1, -0.05) is 36.8 Å². The maximum Gasteiger partial charge on any atom is 0.222 e. The lowest BCUT2D eigenvalue weighted by atomic mass is 9.79. The molecule has 2 saturated heterocycles. The van der Waals surface area contributed by atoms with Crippen molar-refractivity contribution < 1.29 is 4.79 Å². The number of rotatable bonds is 4. The second kappa shape index (κ2) is 7.04. The Hall–Kier alpha value is -1.35. The molecule has 2 aliphatic heterocycles. The van der Waals surface area contributed by atoms with Crippen molar-refractivity contribution in [3.05, 3.63) is 35.4 Å². The number of nitrogens with zero attached hydrogens (tertiary/aromatic N) is 2. The Morgan fingerprint density at radius 1 is 1.22 bits per heavy atom. The Morgan fingerprint density at radius 3 is 2.87 bits per heavy atom. The molecule has 0 aromatic heterocycles. The highest BCUT2D eigenvalue weighted by atomic mass is 16.2. The van der Waals surface area contributed by atoms with E-state index in [1.54, 1.807) is 0 Å². The molecule has 2 fully saturated rings. The summed E-state index contributed by atoms with van der Waals surface area (Å²) in [5.74, 6) is 0.361. The Bertz CT molecular complexity index is 556. The number of carbonyl (C=O) groups excluding carboxylic acids is 1. The molecule has 1 aromatic carbocycles. The highest BCUT2D eigenvalue weighted by Gasteiger charge is 2.42. The third-order valence-electron chi connectivity index (χ3n) is 5.48. The fourth-order valence-corrected chi connectivity index (χ4v) is 4.37. The zero-order chi connectivity index (χ0) is 16.3. The van der Waals surface area contributed by atoms with E-state index < -0.39 is 0 Å². The molecule has 0 N–H and O–H groups in total. The summed E-state index contributed by atoms with van der Waals surface area (Å²) in [5, 5.41) is 0. The van der Waals surface area contributed by atoms with Crippen molar-refractivity contribution in [2.75, 3.05) is 26.2 Å². The first kappa shape index (κ1) is 16.5. The highest BCUT2D eigenvalue weighted by molar-refractivity contribution is 5.76. The van der Waals surface area contributed by atoms with Crippen LogP contribution in [-0.2, 0) is 11.3 Å². The molecule has 0 unspecified atom stereocenters. The van der Waals surface area contributed by atoms with Crippen LogP contribution in [0.5, 0.6) is 0 Å². The van der Waals surface area contributed by atoms with Crippen molar-refractivity contribution in [1.82, 2.24) is 9.80 Å². The molecule has 3 rings (SSSR count). The van der Waals surface area contributed by atoms with Crippen molar-refractivity contribution in [3.63, 3.8) is 0 Å². The van der Waals surface area contributed by atoms with E-state index in [1.165, 1.54) is 36.9 Å². The van der Waals surface area contributed by atoms with Crippen LogP contribution in [0.15, 0.2) is 24.3 Å². The second-order valence-electron chi connectivity index (χ2n) is 7.62. The monoisotopic (exact) mass is 314 g/mol. The molecular formula is C20H30N2O. The largest absolute Gasteiger partial charge is 0.342 e. The molecule has 1 aromatic rings. The summed E-state index contributed by atoms with van der Waals surface area (Å²) in [6.45, 7) is 9.60. The van der Waals surface area contributed by atoms with E-state index in [4.69, 9.17) is 0 Å². The Labute approximate surface area is 140 Å². The summed E-state index contributed by atoms with van der Waals surface area (Å²) in [7, 11) is 0. The van der Waals surface area contributed by atoms with E-state index >= 15 is 0 Å². The minimum absolute atomic E-state index is 0.353. The van der Waals surface area contributed by atoms with Gasteiger partial charge in [-0.2, -0.15) is 0 Å². The van der Waals surface area contributed by atoms with Crippen molar-refractivity contribution in [1.29, 1.82) is 0 Å². The summed E-state index contributed by atoms with van der Waals surface area (Å²) in [6.07, 6.45) is 5.41. The summed E-state index contributed by atoms with van der Waals surface area (Å²) < 4.78 is 0. The molecule has 0 bridgehead atoms. The summed E-state index contributed by atoms with van der Waals surface area (Å²) >= 11 is 0. The van der Waals surface area contributed by atoms with Gasteiger partial charge >= 0.3 is 0 Å². The molecule has 23 heavy (non-hydrogen) atoms. The van der Waals surface area contributed by atoms with E-state index in [-0.39, 0.29) is 0 Å². The van der Waals surface area contributed by atoms with Gasteiger partial charge in [0.05, 0.1) is 0 Å². The topological polar surface area (TPSA) is 23.6 Å². The maximum absolute atomic E-state index is 12.2. The Kier molecular flexibility index (Phi) is 5.05. The number of hydrogen-bond donors (Lipinski definition) is 0. The molecule has 0 radical (unpaired) electrons. The normalized spacial score (nSPS) is 25.2. The zero-order valence-corrected chi connectivity index (χ0v) is 14.7. The highest BCUT2D eigenvalue weighted by Crippen LogP contribution is 2.39. The van der Waals surface area contributed by atoms with Crippen LogP contribution in [0.25, 0.3) is 0 Å². The molecular weight excluding hydrogens is 284 g/mol. The molecule has 126 valence electrons. The number of piperidine rings is 1. The van der Waals surface area contributed by atoms with Crippen LogP contribution in [0.1, 0.15) is 50.2 Å². The van der Waals surface area contributed by atoms with E-state index in [9.17, 15) is 4.79 Å². The second-order valence-corrected chi connectivity index (χ2v) is 7.62. The van der Waals surface area contributed by atoms with Crippen molar-refractivity contribution in [2.45, 2.75) is 52.5 Å². The molecule has 1 atom stereocenters. The Morgan fingerprint density at radius 2 is 2.09 bits per heavy atom. The summed E-state index contributed by atoms with van der Waals surface area (Å²) in [6, 6.07) is 8.85. The zero-order valence-electron chi connectivity index (χ0n) is 14.7. The van der Waals surface area contributed by atoms with Gasteiger partial charge in [0.25, 0.3) is 0 Å².